The first-order chi connectivity index (χ1) is 11.1. The Morgan fingerprint density at radius 3 is 2.25 bits per heavy atom. The first-order valence-electron chi connectivity index (χ1n) is 7.39. The minimum Gasteiger partial charge on any atom is -0.387 e. The summed E-state index contributed by atoms with van der Waals surface area (Å²) in [7, 11) is 0. The molecule has 6 heteroatoms. The number of aliphatic hydroxyl groups is 1. The number of imidazole rings is 1. The third kappa shape index (κ3) is 3.48. The molecule has 4 nitrogen and oxygen atoms in total. The van der Waals surface area contributed by atoms with Crippen molar-refractivity contribution >= 4 is 39.4 Å². The van der Waals surface area contributed by atoms with Gasteiger partial charge in [-0.15, -0.1) is 19.0 Å². The van der Waals surface area contributed by atoms with Gasteiger partial charge >= 0.3 is 0 Å². The van der Waals surface area contributed by atoms with Crippen molar-refractivity contribution in [3.05, 3.63) is 76.8 Å². The van der Waals surface area contributed by atoms with Crippen LogP contribution in [0.25, 0.3) is 11.0 Å². The first kappa shape index (κ1) is 18.5. The zero-order valence-electron chi connectivity index (χ0n) is 13.0. The summed E-state index contributed by atoms with van der Waals surface area (Å²) in [6.07, 6.45) is 1.11. The highest BCUT2D eigenvalue weighted by Gasteiger charge is 2.14. The molecule has 3 aromatic rings. The van der Waals surface area contributed by atoms with E-state index in [2.05, 4.69) is 22.5 Å². The van der Waals surface area contributed by atoms with Gasteiger partial charge in [0, 0.05) is 11.0 Å². The molecule has 0 amide bonds. The number of fused-ring (bicyclic) bond motifs is 1. The van der Waals surface area contributed by atoms with Crippen molar-refractivity contribution in [3.8, 4) is 0 Å². The fourth-order valence-corrected chi connectivity index (χ4v) is 3.02. The highest BCUT2D eigenvalue weighted by Crippen LogP contribution is 2.20. The van der Waals surface area contributed by atoms with E-state index < -0.39 is 6.10 Å². The number of nitrogens with zero attached hydrogens (tertiary/aromatic N) is 2. The molecule has 0 aliphatic heterocycles. The number of benzene rings is 2. The van der Waals surface area contributed by atoms with Crippen LogP contribution in [-0.4, -0.2) is 14.2 Å². The summed E-state index contributed by atoms with van der Waals surface area (Å²) in [5.74, 6) is 0. The van der Waals surface area contributed by atoms with E-state index in [1.54, 1.807) is 6.08 Å². The Balaban J connectivity index is 0.00000208. The molecule has 1 aromatic heterocycles. The maximum absolute atomic E-state index is 10.5. The van der Waals surface area contributed by atoms with Gasteiger partial charge in [-0.3, -0.25) is 5.41 Å². The van der Waals surface area contributed by atoms with Gasteiger partial charge in [-0.1, -0.05) is 46.3 Å². The molecule has 3 rings (SSSR count). The molecule has 0 saturated heterocycles. The number of rotatable bonds is 5. The first-order valence-corrected chi connectivity index (χ1v) is 8.18. The summed E-state index contributed by atoms with van der Waals surface area (Å²) in [4.78, 5) is 0. The number of hydrogen-bond acceptors (Lipinski definition) is 2. The van der Waals surface area contributed by atoms with Crippen LogP contribution < -0.4 is 5.62 Å². The number of para-hydroxylation sites is 2. The highest BCUT2D eigenvalue weighted by atomic mass is 79.9. The van der Waals surface area contributed by atoms with Crippen LogP contribution in [0.5, 0.6) is 0 Å². The third-order valence-electron chi connectivity index (χ3n) is 3.90. The summed E-state index contributed by atoms with van der Waals surface area (Å²) >= 11 is 3.40. The molecular formula is C18H19BrClN3O. The largest absolute Gasteiger partial charge is 0.387 e. The molecule has 0 bridgehead atoms. The lowest BCUT2D eigenvalue weighted by molar-refractivity contribution is 0.155. The molecule has 2 N–H and O–H groups in total. The minimum atomic E-state index is -0.666. The van der Waals surface area contributed by atoms with Crippen LogP contribution in [0.3, 0.4) is 0 Å². The Labute approximate surface area is 155 Å². The second-order valence-corrected chi connectivity index (χ2v) is 6.31. The molecule has 1 atom stereocenters. The quantitative estimate of drug-likeness (QED) is 0.615. The second kappa shape index (κ2) is 7.83. The van der Waals surface area contributed by atoms with Crippen molar-refractivity contribution in [2.45, 2.75) is 19.2 Å². The summed E-state index contributed by atoms with van der Waals surface area (Å²) in [5, 5.41) is 19.0. The molecule has 0 radical (unpaired) electrons. The molecule has 1 unspecified atom stereocenters. The lowest BCUT2D eigenvalue weighted by atomic mass is 10.1. The van der Waals surface area contributed by atoms with Gasteiger partial charge < -0.3 is 14.2 Å². The van der Waals surface area contributed by atoms with Crippen molar-refractivity contribution in [3.63, 3.8) is 0 Å². The van der Waals surface area contributed by atoms with E-state index in [1.165, 1.54) is 0 Å². The van der Waals surface area contributed by atoms with Crippen LogP contribution in [-0.2, 0) is 13.1 Å². The Morgan fingerprint density at radius 2 is 1.67 bits per heavy atom. The predicted octanol–water partition coefficient (Wildman–Crippen LogP) is 4.03. The van der Waals surface area contributed by atoms with Gasteiger partial charge in [-0.25, -0.2) is 0 Å². The molecule has 2 aromatic carbocycles. The number of hydrogen-bond donors (Lipinski definition) is 2. The Kier molecular flexibility index (Phi) is 6.04. The van der Waals surface area contributed by atoms with E-state index >= 15 is 0 Å². The summed E-state index contributed by atoms with van der Waals surface area (Å²) in [6.45, 7) is 4.67. The van der Waals surface area contributed by atoms with Crippen LogP contribution in [0.4, 0.5) is 0 Å². The lowest BCUT2D eigenvalue weighted by Crippen LogP contribution is -2.26. The highest BCUT2D eigenvalue weighted by molar-refractivity contribution is 9.10. The fourth-order valence-electron chi connectivity index (χ4n) is 2.76. The van der Waals surface area contributed by atoms with Crippen molar-refractivity contribution in [2.24, 2.45) is 0 Å². The topological polar surface area (TPSA) is 53.9 Å². The molecule has 0 saturated carbocycles. The molecule has 0 fully saturated rings. The molecule has 126 valence electrons. The normalized spacial score (nSPS) is 11.9. The Bertz CT molecular complexity index is 899. The molecule has 0 spiro atoms. The van der Waals surface area contributed by atoms with Crippen molar-refractivity contribution in [2.75, 3.05) is 0 Å². The van der Waals surface area contributed by atoms with Crippen LogP contribution in [0, 0.1) is 5.41 Å². The molecule has 0 aliphatic rings. The van der Waals surface area contributed by atoms with E-state index in [1.807, 2.05) is 57.7 Å². The van der Waals surface area contributed by atoms with Gasteiger partial charge in [0.05, 0.1) is 23.7 Å². The van der Waals surface area contributed by atoms with Crippen molar-refractivity contribution in [1.29, 1.82) is 5.41 Å². The standard InChI is InChI=1S/C18H18BrN3O.ClH/c1-2-11-21-15-5-3-4-6-16(15)22(18(21)20)12-17(23)13-7-9-14(19)10-8-13;/h2-10,17,20,23H,1,11-12H2;1H. The molecule has 0 aliphatic carbocycles. The zero-order valence-corrected chi connectivity index (χ0v) is 15.4. The zero-order chi connectivity index (χ0) is 16.4. The summed E-state index contributed by atoms with van der Waals surface area (Å²) < 4.78 is 4.70. The second-order valence-electron chi connectivity index (χ2n) is 5.39. The maximum Gasteiger partial charge on any atom is 0.203 e. The van der Waals surface area contributed by atoms with Gasteiger partial charge in [-0.2, -0.15) is 0 Å². The predicted molar refractivity (Wildman–Crippen MR) is 102 cm³/mol. The van der Waals surface area contributed by atoms with E-state index in [0.29, 0.717) is 18.7 Å². The average Bonchev–Trinajstić information content (AvgIpc) is 2.82. The fraction of sp³-hybridized carbons (Fsp3) is 0.167. The van der Waals surface area contributed by atoms with Gasteiger partial charge in [0.25, 0.3) is 0 Å². The van der Waals surface area contributed by atoms with Crippen LogP contribution in [0.2, 0.25) is 0 Å². The van der Waals surface area contributed by atoms with E-state index in [4.69, 9.17) is 5.41 Å². The Hall–Kier alpha value is -1.82. The SMILES string of the molecule is C=CCn1c(=N)n(CC(O)c2ccc(Br)cc2)c2ccccc21.Cl. The lowest BCUT2D eigenvalue weighted by Gasteiger charge is -2.13. The summed E-state index contributed by atoms with van der Waals surface area (Å²) in [6, 6.07) is 15.5. The number of aliphatic hydroxyl groups excluding tert-OH is 1. The monoisotopic (exact) mass is 407 g/mol. The van der Waals surface area contributed by atoms with Crippen LogP contribution in [0.1, 0.15) is 11.7 Å². The molecular weight excluding hydrogens is 390 g/mol. The number of allylic oxidation sites excluding steroid dienone is 1. The third-order valence-corrected chi connectivity index (χ3v) is 4.43. The van der Waals surface area contributed by atoms with Crippen molar-refractivity contribution < 1.29 is 5.11 Å². The van der Waals surface area contributed by atoms with E-state index in [-0.39, 0.29) is 12.4 Å². The number of halogens is 2. The van der Waals surface area contributed by atoms with Crippen LogP contribution in [0.15, 0.2) is 65.7 Å². The molecule has 24 heavy (non-hydrogen) atoms. The average molecular weight is 409 g/mol. The van der Waals surface area contributed by atoms with Gasteiger partial charge in [0.1, 0.15) is 0 Å². The molecule has 1 heterocycles. The smallest absolute Gasteiger partial charge is 0.203 e. The number of aromatic nitrogens is 2. The maximum atomic E-state index is 10.5. The number of nitrogens with one attached hydrogen (secondary N) is 1. The van der Waals surface area contributed by atoms with E-state index in [0.717, 1.165) is 21.1 Å². The van der Waals surface area contributed by atoms with Gasteiger partial charge in [0.15, 0.2) is 0 Å². The van der Waals surface area contributed by atoms with Gasteiger partial charge in [-0.05, 0) is 29.8 Å². The Morgan fingerprint density at radius 1 is 1.08 bits per heavy atom. The van der Waals surface area contributed by atoms with Crippen LogP contribution >= 0.6 is 28.3 Å². The summed E-state index contributed by atoms with van der Waals surface area (Å²) in [5.41, 5.74) is 3.11. The van der Waals surface area contributed by atoms with Gasteiger partial charge in [0.2, 0.25) is 5.62 Å². The van der Waals surface area contributed by atoms with Crippen molar-refractivity contribution in [1.82, 2.24) is 9.13 Å². The minimum absolute atomic E-state index is 0. The van der Waals surface area contributed by atoms with E-state index in [9.17, 15) is 5.11 Å².